The number of amides is 1. The van der Waals surface area contributed by atoms with Crippen molar-refractivity contribution in [1.82, 2.24) is 5.32 Å². The first kappa shape index (κ1) is 18.7. The second-order valence-corrected chi connectivity index (χ2v) is 6.04. The Balaban J connectivity index is 1.97. The zero-order valence-electron chi connectivity index (χ0n) is 13.6. The maximum Gasteiger partial charge on any atom is 0.408 e. The van der Waals surface area contributed by atoms with Crippen LogP contribution in [-0.2, 0) is 20.9 Å². The number of methoxy groups -OCH3 is 1. The van der Waals surface area contributed by atoms with Crippen molar-refractivity contribution in [2.75, 3.05) is 7.11 Å². The van der Waals surface area contributed by atoms with Crippen molar-refractivity contribution in [3.63, 3.8) is 0 Å². The van der Waals surface area contributed by atoms with Crippen LogP contribution in [0.25, 0.3) is 6.08 Å². The van der Waals surface area contributed by atoms with Crippen molar-refractivity contribution in [2.24, 2.45) is 0 Å². The SMILES string of the molecule is COC(=O)[C@H](/C=C/c1cccc(Br)c1)NC(=O)OCc1ccccc1. The van der Waals surface area contributed by atoms with Gasteiger partial charge in [-0.3, -0.25) is 0 Å². The van der Waals surface area contributed by atoms with Crippen LogP contribution < -0.4 is 5.32 Å². The van der Waals surface area contributed by atoms with Gasteiger partial charge in [-0.15, -0.1) is 0 Å². The van der Waals surface area contributed by atoms with E-state index in [4.69, 9.17) is 9.47 Å². The van der Waals surface area contributed by atoms with E-state index in [1.165, 1.54) is 7.11 Å². The molecule has 0 aliphatic heterocycles. The van der Waals surface area contributed by atoms with Crippen molar-refractivity contribution < 1.29 is 19.1 Å². The van der Waals surface area contributed by atoms with Gasteiger partial charge < -0.3 is 14.8 Å². The zero-order chi connectivity index (χ0) is 18.1. The summed E-state index contributed by atoms with van der Waals surface area (Å²) in [5.41, 5.74) is 1.74. The summed E-state index contributed by atoms with van der Waals surface area (Å²) in [4.78, 5) is 23.8. The molecule has 0 unspecified atom stereocenters. The first-order valence-electron chi connectivity index (χ1n) is 7.57. The maximum atomic E-state index is 11.9. The number of benzene rings is 2. The van der Waals surface area contributed by atoms with Gasteiger partial charge in [-0.25, -0.2) is 9.59 Å². The van der Waals surface area contributed by atoms with E-state index in [1.54, 1.807) is 12.2 Å². The number of hydrogen-bond donors (Lipinski definition) is 1. The predicted octanol–water partition coefficient (Wildman–Crippen LogP) is 3.93. The van der Waals surface area contributed by atoms with Crippen LogP contribution in [0.4, 0.5) is 4.79 Å². The number of hydrogen-bond acceptors (Lipinski definition) is 4. The summed E-state index contributed by atoms with van der Waals surface area (Å²) >= 11 is 3.38. The van der Waals surface area contributed by atoms with Crippen molar-refractivity contribution in [3.05, 3.63) is 76.3 Å². The third-order valence-electron chi connectivity index (χ3n) is 3.27. The average molecular weight is 404 g/mol. The van der Waals surface area contributed by atoms with E-state index in [2.05, 4.69) is 21.2 Å². The van der Waals surface area contributed by atoms with E-state index in [0.717, 1.165) is 15.6 Å². The van der Waals surface area contributed by atoms with Crippen LogP contribution in [0, 0.1) is 0 Å². The van der Waals surface area contributed by atoms with Crippen molar-refractivity contribution in [2.45, 2.75) is 12.6 Å². The highest BCUT2D eigenvalue weighted by atomic mass is 79.9. The summed E-state index contributed by atoms with van der Waals surface area (Å²) in [7, 11) is 1.26. The number of alkyl carbamates (subject to hydrolysis) is 1. The third kappa shape index (κ3) is 6.43. The summed E-state index contributed by atoms with van der Waals surface area (Å²) in [5.74, 6) is -0.581. The molecule has 2 rings (SSSR count). The molecule has 5 nitrogen and oxygen atoms in total. The molecule has 0 spiro atoms. The molecular weight excluding hydrogens is 386 g/mol. The monoisotopic (exact) mass is 403 g/mol. The second kappa shape index (κ2) is 9.64. The molecule has 0 heterocycles. The van der Waals surface area contributed by atoms with Crippen molar-refractivity contribution in [3.8, 4) is 0 Å². The largest absolute Gasteiger partial charge is 0.467 e. The van der Waals surface area contributed by atoms with Crippen LogP contribution in [0.3, 0.4) is 0 Å². The number of ether oxygens (including phenoxy) is 2. The maximum absolute atomic E-state index is 11.9. The lowest BCUT2D eigenvalue weighted by molar-refractivity contribution is -0.141. The minimum atomic E-state index is -0.938. The van der Waals surface area contributed by atoms with E-state index in [-0.39, 0.29) is 6.61 Å². The second-order valence-electron chi connectivity index (χ2n) is 5.12. The van der Waals surface area contributed by atoms with Gasteiger partial charge in [-0.1, -0.05) is 70.5 Å². The summed E-state index contributed by atoms with van der Waals surface area (Å²) in [6.45, 7) is 0.121. The molecule has 1 amide bonds. The molecule has 0 aliphatic rings. The van der Waals surface area contributed by atoms with Gasteiger partial charge in [0.2, 0.25) is 0 Å². The molecule has 0 fully saturated rings. The molecule has 0 radical (unpaired) electrons. The molecule has 0 aromatic heterocycles. The Bertz CT molecular complexity index is 746. The Morgan fingerprint density at radius 2 is 1.92 bits per heavy atom. The van der Waals surface area contributed by atoms with Crippen molar-refractivity contribution >= 4 is 34.1 Å². The highest BCUT2D eigenvalue weighted by molar-refractivity contribution is 9.10. The van der Waals surface area contributed by atoms with Crippen LogP contribution in [0.15, 0.2) is 65.1 Å². The highest BCUT2D eigenvalue weighted by Gasteiger charge is 2.19. The summed E-state index contributed by atoms with van der Waals surface area (Å²) in [5, 5.41) is 2.49. The first-order valence-corrected chi connectivity index (χ1v) is 8.36. The van der Waals surface area contributed by atoms with Crippen LogP contribution >= 0.6 is 15.9 Å². The minimum absolute atomic E-state index is 0.121. The van der Waals surface area contributed by atoms with E-state index in [9.17, 15) is 9.59 Å². The molecule has 0 saturated carbocycles. The van der Waals surface area contributed by atoms with Gasteiger partial charge in [-0.2, -0.15) is 0 Å². The Morgan fingerprint density at radius 1 is 1.16 bits per heavy atom. The molecule has 25 heavy (non-hydrogen) atoms. The number of esters is 1. The van der Waals surface area contributed by atoms with Gasteiger partial charge in [0.1, 0.15) is 12.6 Å². The topological polar surface area (TPSA) is 64.6 Å². The van der Waals surface area contributed by atoms with E-state index < -0.39 is 18.1 Å². The molecule has 0 bridgehead atoms. The summed E-state index contributed by atoms with van der Waals surface area (Å²) < 4.78 is 10.8. The summed E-state index contributed by atoms with van der Waals surface area (Å²) in [6.07, 6.45) is 2.58. The standard InChI is InChI=1S/C19H18BrNO4/c1-24-18(22)17(11-10-14-8-5-9-16(20)12-14)21-19(23)25-13-15-6-3-2-4-7-15/h2-12,17H,13H2,1H3,(H,21,23)/b11-10+/t17-/m0/s1. The normalized spacial score (nSPS) is 11.8. The molecular formula is C19H18BrNO4. The molecule has 1 atom stereocenters. The average Bonchev–Trinajstić information content (AvgIpc) is 2.63. The molecule has 0 saturated heterocycles. The zero-order valence-corrected chi connectivity index (χ0v) is 15.2. The number of carbonyl (C=O) groups is 2. The fourth-order valence-electron chi connectivity index (χ4n) is 2.02. The first-order chi connectivity index (χ1) is 12.1. The highest BCUT2D eigenvalue weighted by Crippen LogP contribution is 2.13. The number of carbonyl (C=O) groups excluding carboxylic acids is 2. The molecule has 2 aromatic rings. The van der Waals surface area contributed by atoms with Gasteiger partial charge in [0.25, 0.3) is 0 Å². The molecule has 2 aromatic carbocycles. The number of nitrogens with one attached hydrogen (secondary N) is 1. The fourth-order valence-corrected chi connectivity index (χ4v) is 2.44. The minimum Gasteiger partial charge on any atom is -0.467 e. The Morgan fingerprint density at radius 3 is 2.60 bits per heavy atom. The van der Waals surface area contributed by atoms with Crippen LogP contribution in [0.2, 0.25) is 0 Å². The van der Waals surface area contributed by atoms with Gasteiger partial charge in [0.05, 0.1) is 7.11 Å². The quantitative estimate of drug-likeness (QED) is 0.742. The van der Waals surface area contributed by atoms with Crippen LogP contribution in [-0.4, -0.2) is 25.2 Å². The fraction of sp³-hybridized carbons (Fsp3) is 0.158. The Hall–Kier alpha value is -2.60. The smallest absolute Gasteiger partial charge is 0.408 e. The lowest BCUT2D eigenvalue weighted by atomic mass is 10.1. The number of halogens is 1. The van der Waals surface area contributed by atoms with Gasteiger partial charge in [-0.05, 0) is 23.3 Å². The van der Waals surface area contributed by atoms with E-state index in [1.807, 2.05) is 54.6 Å². The lowest BCUT2D eigenvalue weighted by Crippen LogP contribution is -2.40. The van der Waals surface area contributed by atoms with E-state index in [0.29, 0.717) is 0 Å². The number of rotatable bonds is 6. The molecule has 0 aliphatic carbocycles. The Kier molecular flexibility index (Phi) is 7.22. The van der Waals surface area contributed by atoms with Gasteiger partial charge in [0, 0.05) is 4.47 Å². The summed E-state index contributed by atoms with van der Waals surface area (Å²) in [6, 6.07) is 15.9. The van der Waals surface area contributed by atoms with Crippen LogP contribution in [0.5, 0.6) is 0 Å². The predicted molar refractivity (Wildman–Crippen MR) is 98.7 cm³/mol. The lowest BCUT2D eigenvalue weighted by Gasteiger charge is -2.13. The van der Waals surface area contributed by atoms with Gasteiger partial charge >= 0.3 is 12.1 Å². The molecule has 1 N–H and O–H groups in total. The van der Waals surface area contributed by atoms with Crippen molar-refractivity contribution in [1.29, 1.82) is 0 Å². The van der Waals surface area contributed by atoms with Gasteiger partial charge in [0.15, 0.2) is 0 Å². The Labute approximate surface area is 154 Å². The molecule has 130 valence electrons. The third-order valence-corrected chi connectivity index (χ3v) is 3.76. The van der Waals surface area contributed by atoms with Crippen LogP contribution in [0.1, 0.15) is 11.1 Å². The van der Waals surface area contributed by atoms with E-state index >= 15 is 0 Å². The molecule has 6 heteroatoms.